The molecular weight excluding hydrogens is 256 g/mol. The van der Waals surface area contributed by atoms with Crippen LogP contribution in [0.2, 0.25) is 0 Å². The summed E-state index contributed by atoms with van der Waals surface area (Å²) in [5.41, 5.74) is 1.80. The number of carboxylic acid groups (broad SMARTS) is 1. The van der Waals surface area contributed by atoms with E-state index in [0.29, 0.717) is 23.7 Å². The van der Waals surface area contributed by atoms with E-state index in [1.165, 1.54) is 6.07 Å². The van der Waals surface area contributed by atoms with Crippen molar-refractivity contribution in [2.45, 2.75) is 13.5 Å². The first-order valence-corrected chi connectivity index (χ1v) is 6.21. The fourth-order valence-corrected chi connectivity index (χ4v) is 1.98. The zero-order chi connectivity index (χ0) is 14.5. The molecule has 1 N–H and O–H groups in total. The lowest BCUT2D eigenvalue weighted by Gasteiger charge is -2.14. The summed E-state index contributed by atoms with van der Waals surface area (Å²) in [6, 6.07) is 12.7. The van der Waals surface area contributed by atoms with E-state index < -0.39 is 5.97 Å². The third-order valence-corrected chi connectivity index (χ3v) is 3.03. The van der Waals surface area contributed by atoms with Crippen LogP contribution in [0.25, 0.3) is 0 Å². The Kier molecular flexibility index (Phi) is 4.25. The normalized spacial score (nSPS) is 10.1. The second-order valence-electron chi connectivity index (χ2n) is 4.35. The van der Waals surface area contributed by atoms with Gasteiger partial charge in [-0.05, 0) is 24.6 Å². The van der Waals surface area contributed by atoms with E-state index in [4.69, 9.17) is 9.47 Å². The van der Waals surface area contributed by atoms with Crippen LogP contribution in [0.1, 0.15) is 21.5 Å². The zero-order valence-electron chi connectivity index (χ0n) is 11.4. The minimum absolute atomic E-state index is 0.138. The van der Waals surface area contributed by atoms with E-state index >= 15 is 0 Å². The van der Waals surface area contributed by atoms with E-state index in [1.807, 2.05) is 30.3 Å². The molecule has 0 aliphatic heterocycles. The van der Waals surface area contributed by atoms with Crippen LogP contribution in [0.15, 0.2) is 42.5 Å². The highest BCUT2D eigenvalue weighted by atomic mass is 16.5. The molecule has 0 aliphatic rings. The summed E-state index contributed by atoms with van der Waals surface area (Å²) in [6.07, 6.45) is 0. The van der Waals surface area contributed by atoms with Gasteiger partial charge in [0.15, 0.2) is 0 Å². The molecule has 0 fully saturated rings. The van der Waals surface area contributed by atoms with Crippen molar-refractivity contribution in [1.82, 2.24) is 0 Å². The Hall–Kier alpha value is -2.49. The highest BCUT2D eigenvalue weighted by Crippen LogP contribution is 2.32. The Morgan fingerprint density at radius 2 is 1.85 bits per heavy atom. The maximum absolute atomic E-state index is 11.3. The Morgan fingerprint density at radius 3 is 2.45 bits per heavy atom. The van der Waals surface area contributed by atoms with E-state index in [-0.39, 0.29) is 5.56 Å². The summed E-state index contributed by atoms with van der Waals surface area (Å²) >= 11 is 0. The van der Waals surface area contributed by atoms with Crippen LogP contribution in [-0.2, 0) is 6.61 Å². The van der Waals surface area contributed by atoms with Crippen LogP contribution >= 0.6 is 0 Å². The van der Waals surface area contributed by atoms with Gasteiger partial charge in [0.2, 0.25) is 0 Å². The van der Waals surface area contributed by atoms with E-state index in [2.05, 4.69) is 0 Å². The molecule has 0 spiro atoms. The number of rotatable bonds is 5. The molecule has 0 heterocycles. The summed E-state index contributed by atoms with van der Waals surface area (Å²) in [7, 11) is 1.55. The molecule has 0 atom stereocenters. The molecular formula is C16H16O4. The van der Waals surface area contributed by atoms with E-state index in [1.54, 1.807) is 20.1 Å². The molecule has 2 aromatic carbocycles. The number of benzene rings is 2. The molecule has 0 saturated heterocycles. The SMILES string of the molecule is COc1ccc(C(=O)O)c(OCc2ccccc2)c1C. The van der Waals surface area contributed by atoms with Gasteiger partial charge in [-0.3, -0.25) is 0 Å². The molecule has 0 aromatic heterocycles. The predicted molar refractivity (Wildman–Crippen MR) is 75.5 cm³/mol. The fourth-order valence-electron chi connectivity index (χ4n) is 1.98. The van der Waals surface area contributed by atoms with Crippen molar-refractivity contribution in [3.05, 3.63) is 59.2 Å². The maximum Gasteiger partial charge on any atom is 0.339 e. The summed E-state index contributed by atoms with van der Waals surface area (Å²) < 4.78 is 10.9. The van der Waals surface area contributed by atoms with Gasteiger partial charge in [-0.15, -0.1) is 0 Å². The number of hydrogen-bond acceptors (Lipinski definition) is 3. The molecule has 0 saturated carbocycles. The lowest BCUT2D eigenvalue weighted by molar-refractivity contribution is 0.0691. The molecule has 4 nitrogen and oxygen atoms in total. The monoisotopic (exact) mass is 272 g/mol. The average Bonchev–Trinajstić information content (AvgIpc) is 2.46. The standard InChI is InChI=1S/C16H16O4/c1-11-14(19-2)9-8-13(16(17)18)15(11)20-10-12-6-4-3-5-7-12/h3-9H,10H2,1-2H3,(H,17,18). The molecule has 2 aromatic rings. The first-order chi connectivity index (χ1) is 9.63. The second-order valence-corrected chi connectivity index (χ2v) is 4.35. The third-order valence-electron chi connectivity index (χ3n) is 3.03. The predicted octanol–water partition coefficient (Wildman–Crippen LogP) is 3.28. The number of aromatic carboxylic acids is 1. The van der Waals surface area contributed by atoms with E-state index in [9.17, 15) is 9.90 Å². The molecule has 0 aliphatic carbocycles. The summed E-state index contributed by atoms with van der Waals surface area (Å²) in [6.45, 7) is 2.10. The Bertz CT molecular complexity index is 605. The Balaban J connectivity index is 2.31. The third kappa shape index (κ3) is 2.91. The smallest absolute Gasteiger partial charge is 0.339 e. The van der Waals surface area contributed by atoms with Crippen molar-refractivity contribution in [3.8, 4) is 11.5 Å². The highest BCUT2D eigenvalue weighted by molar-refractivity contribution is 5.91. The molecule has 2 rings (SSSR count). The van der Waals surface area contributed by atoms with Gasteiger partial charge in [0.05, 0.1) is 7.11 Å². The zero-order valence-corrected chi connectivity index (χ0v) is 11.4. The molecule has 104 valence electrons. The number of methoxy groups -OCH3 is 1. The topological polar surface area (TPSA) is 55.8 Å². The van der Waals surface area contributed by atoms with Gasteiger partial charge < -0.3 is 14.6 Å². The molecule has 0 unspecified atom stereocenters. The minimum atomic E-state index is -1.01. The lowest BCUT2D eigenvalue weighted by Crippen LogP contribution is -2.06. The Labute approximate surface area is 117 Å². The van der Waals surface area contributed by atoms with Gasteiger partial charge in [0, 0.05) is 5.56 Å². The van der Waals surface area contributed by atoms with Crippen molar-refractivity contribution in [2.24, 2.45) is 0 Å². The van der Waals surface area contributed by atoms with Crippen LogP contribution < -0.4 is 9.47 Å². The molecule has 0 radical (unpaired) electrons. The van der Waals surface area contributed by atoms with Crippen molar-refractivity contribution in [3.63, 3.8) is 0 Å². The van der Waals surface area contributed by atoms with Crippen LogP contribution in [0.3, 0.4) is 0 Å². The first kappa shape index (κ1) is 13.9. The summed E-state index contributed by atoms with van der Waals surface area (Å²) in [5, 5.41) is 9.23. The van der Waals surface area contributed by atoms with Gasteiger partial charge >= 0.3 is 5.97 Å². The second kappa shape index (κ2) is 6.10. The van der Waals surface area contributed by atoms with Gasteiger partial charge in [0.25, 0.3) is 0 Å². The quantitative estimate of drug-likeness (QED) is 0.907. The Morgan fingerprint density at radius 1 is 1.15 bits per heavy atom. The summed E-state index contributed by atoms with van der Waals surface area (Å²) in [5.74, 6) is -0.0578. The number of ether oxygens (including phenoxy) is 2. The van der Waals surface area contributed by atoms with Gasteiger partial charge in [-0.1, -0.05) is 30.3 Å². The maximum atomic E-state index is 11.3. The van der Waals surface area contributed by atoms with Crippen molar-refractivity contribution < 1.29 is 19.4 Å². The molecule has 0 bridgehead atoms. The molecule has 20 heavy (non-hydrogen) atoms. The molecule has 4 heteroatoms. The van der Waals surface area contributed by atoms with Crippen molar-refractivity contribution in [2.75, 3.05) is 7.11 Å². The average molecular weight is 272 g/mol. The van der Waals surface area contributed by atoms with Crippen LogP contribution in [0, 0.1) is 6.92 Å². The van der Waals surface area contributed by atoms with Crippen LogP contribution in [0.5, 0.6) is 11.5 Å². The first-order valence-electron chi connectivity index (χ1n) is 6.21. The van der Waals surface area contributed by atoms with Crippen LogP contribution in [-0.4, -0.2) is 18.2 Å². The lowest BCUT2D eigenvalue weighted by atomic mass is 10.1. The number of carboxylic acids is 1. The largest absolute Gasteiger partial charge is 0.496 e. The van der Waals surface area contributed by atoms with Crippen molar-refractivity contribution in [1.29, 1.82) is 0 Å². The number of carbonyl (C=O) groups is 1. The van der Waals surface area contributed by atoms with E-state index in [0.717, 1.165) is 5.56 Å². The van der Waals surface area contributed by atoms with Gasteiger partial charge in [0.1, 0.15) is 23.7 Å². The molecule has 0 amide bonds. The van der Waals surface area contributed by atoms with Crippen molar-refractivity contribution >= 4 is 5.97 Å². The number of hydrogen-bond donors (Lipinski definition) is 1. The summed E-state index contributed by atoms with van der Waals surface area (Å²) in [4.78, 5) is 11.3. The van der Waals surface area contributed by atoms with Gasteiger partial charge in [-0.2, -0.15) is 0 Å². The highest BCUT2D eigenvalue weighted by Gasteiger charge is 2.17. The van der Waals surface area contributed by atoms with Gasteiger partial charge in [-0.25, -0.2) is 4.79 Å². The van der Waals surface area contributed by atoms with Crippen LogP contribution in [0.4, 0.5) is 0 Å². The fraction of sp³-hybridized carbons (Fsp3) is 0.188. The minimum Gasteiger partial charge on any atom is -0.496 e.